The lowest BCUT2D eigenvalue weighted by molar-refractivity contribution is -0.379. The summed E-state index contributed by atoms with van der Waals surface area (Å²) in [4.78, 5) is 13.2. The number of hydrogen-bond donors (Lipinski definition) is 12. The van der Waals surface area contributed by atoms with E-state index in [1.807, 2.05) is 0 Å². The molecule has 408 valence electrons. The molecule has 0 aromatic heterocycles. The smallest absolute Gasteiger partial charge is 0.220 e. The van der Waals surface area contributed by atoms with E-state index >= 15 is 0 Å². The maximum atomic E-state index is 13.2. The SMILES string of the molecule is CCCCCCCCCCCCCCCCCC(O)C(COC1OC(CO)C(OC2OC(CO)C(OC3OC(CO)C(O)C(O)C3O)C(O)C2O)C(O)C1O)NC(=O)CCCCCCCCCCC. The second kappa shape index (κ2) is 35.9. The standard InChI is InChI=1S/C50H95NO18/c1-3-5-7-9-11-13-14-15-16-17-18-20-21-23-25-27-34(55)33(51-38(56)28-26-24-22-19-12-10-8-6-4-2)32-64-48-44(62)41(59)46(36(30-53)66-48)69-50-45(63)42(60)47(37(31-54)67-50)68-49-43(61)40(58)39(57)35(29-52)65-49/h33-37,39-50,52-55,57-63H,3-32H2,1-2H3,(H,51,56). The zero-order valence-electron chi connectivity index (χ0n) is 41.8. The van der Waals surface area contributed by atoms with Crippen molar-refractivity contribution in [2.45, 2.75) is 285 Å². The molecule has 19 heteroatoms. The van der Waals surface area contributed by atoms with Crippen LogP contribution in [0.5, 0.6) is 0 Å². The number of carbonyl (C=O) groups excluding carboxylic acids is 1. The number of aliphatic hydroxyl groups is 11. The molecule has 3 rings (SSSR count). The van der Waals surface area contributed by atoms with E-state index in [2.05, 4.69) is 19.2 Å². The number of nitrogens with one attached hydrogen (secondary N) is 1. The van der Waals surface area contributed by atoms with Crippen LogP contribution in [0.3, 0.4) is 0 Å². The van der Waals surface area contributed by atoms with Crippen molar-refractivity contribution >= 4 is 5.91 Å². The molecule has 69 heavy (non-hydrogen) atoms. The summed E-state index contributed by atoms with van der Waals surface area (Å²) >= 11 is 0. The van der Waals surface area contributed by atoms with Crippen molar-refractivity contribution in [3.63, 3.8) is 0 Å². The highest BCUT2D eigenvalue weighted by Crippen LogP contribution is 2.33. The number of amides is 1. The van der Waals surface area contributed by atoms with E-state index in [9.17, 15) is 61.0 Å². The molecule has 0 aliphatic carbocycles. The Hall–Kier alpha value is -1.21. The molecule has 1 amide bonds. The Balaban J connectivity index is 1.53. The molecule has 3 aliphatic rings. The van der Waals surface area contributed by atoms with Crippen molar-refractivity contribution in [2.75, 3.05) is 26.4 Å². The van der Waals surface area contributed by atoms with Crippen molar-refractivity contribution < 1.29 is 89.4 Å². The summed E-state index contributed by atoms with van der Waals surface area (Å²) in [7, 11) is 0. The first kappa shape index (κ1) is 62.1. The molecule has 0 aromatic rings. The summed E-state index contributed by atoms with van der Waals surface area (Å²) in [5.41, 5.74) is 0. The number of unbranched alkanes of at least 4 members (excludes halogenated alkanes) is 22. The quantitative estimate of drug-likeness (QED) is 0.0396. The molecule has 0 radical (unpaired) electrons. The predicted molar refractivity (Wildman–Crippen MR) is 254 cm³/mol. The van der Waals surface area contributed by atoms with Crippen molar-refractivity contribution in [3.8, 4) is 0 Å². The Labute approximate surface area is 411 Å². The van der Waals surface area contributed by atoms with Gasteiger partial charge in [-0.05, 0) is 12.8 Å². The molecular weight excluding hydrogens is 903 g/mol. The Morgan fingerprint density at radius 1 is 0.464 bits per heavy atom. The summed E-state index contributed by atoms with van der Waals surface area (Å²) in [5.74, 6) is -0.246. The van der Waals surface area contributed by atoms with Crippen LogP contribution in [0.4, 0.5) is 0 Å². The van der Waals surface area contributed by atoms with Gasteiger partial charge in [-0.15, -0.1) is 0 Å². The second-order valence-electron chi connectivity index (χ2n) is 19.7. The Morgan fingerprint density at radius 3 is 1.26 bits per heavy atom. The monoisotopic (exact) mass is 998 g/mol. The van der Waals surface area contributed by atoms with Crippen LogP contribution in [-0.4, -0.2) is 193 Å². The number of carbonyl (C=O) groups is 1. The molecule has 17 unspecified atom stereocenters. The lowest BCUT2D eigenvalue weighted by Crippen LogP contribution is -2.66. The van der Waals surface area contributed by atoms with Gasteiger partial charge in [0, 0.05) is 6.42 Å². The maximum Gasteiger partial charge on any atom is 0.220 e. The fraction of sp³-hybridized carbons (Fsp3) is 0.980. The zero-order chi connectivity index (χ0) is 50.6. The van der Waals surface area contributed by atoms with E-state index in [-0.39, 0.29) is 18.9 Å². The van der Waals surface area contributed by atoms with Gasteiger partial charge in [-0.25, -0.2) is 0 Å². The van der Waals surface area contributed by atoms with Crippen LogP contribution in [0.1, 0.15) is 181 Å². The molecule has 17 atom stereocenters. The molecule has 0 aromatic carbocycles. The first-order valence-corrected chi connectivity index (χ1v) is 26.8. The van der Waals surface area contributed by atoms with Gasteiger partial charge < -0.3 is 89.9 Å². The minimum Gasteiger partial charge on any atom is -0.394 e. The second-order valence-corrected chi connectivity index (χ2v) is 19.7. The highest BCUT2D eigenvalue weighted by molar-refractivity contribution is 5.76. The van der Waals surface area contributed by atoms with Gasteiger partial charge in [0.2, 0.25) is 5.91 Å². The van der Waals surface area contributed by atoms with Crippen LogP contribution in [0.2, 0.25) is 0 Å². The summed E-state index contributed by atoms with van der Waals surface area (Å²) in [6.45, 7) is 1.74. The van der Waals surface area contributed by atoms with E-state index in [4.69, 9.17) is 28.4 Å². The molecule has 3 aliphatic heterocycles. The molecule has 12 N–H and O–H groups in total. The van der Waals surface area contributed by atoms with Gasteiger partial charge in [0.15, 0.2) is 18.9 Å². The number of ether oxygens (including phenoxy) is 6. The third-order valence-electron chi connectivity index (χ3n) is 13.9. The molecule has 0 saturated carbocycles. The van der Waals surface area contributed by atoms with Gasteiger partial charge in [0.05, 0.1) is 38.6 Å². The van der Waals surface area contributed by atoms with Gasteiger partial charge in [0.25, 0.3) is 0 Å². The van der Waals surface area contributed by atoms with Crippen LogP contribution < -0.4 is 5.32 Å². The summed E-state index contributed by atoms with van der Waals surface area (Å²) in [6.07, 6.45) is 2.17. The first-order chi connectivity index (χ1) is 33.3. The van der Waals surface area contributed by atoms with Crippen molar-refractivity contribution in [3.05, 3.63) is 0 Å². The Morgan fingerprint density at radius 2 is 0.826 bits per heavy atom. The van der Waals surface area contributed by atoms with Gasteiger partial charge in [-0.2, -0.15) is 0 Å². The van der Waals surface area contributed by atoms with Crippen molar-refractivity contribution in [2.24, 2.45) is 0 Å². The average molecular weight is 998 g/mol. The van der Waals surface area contributed by atoms with Crippen LogP contribution in [-0.2, 0) is 33.2 Å². The highest BCUT2D eigenvalue weighted by Gasteiger charge is 2.53. The molecule has 0 bridgehead atoms. The summed E-state index contributed by atoms with van der Waals surface area (Å²) in [5, 5.41) is 120. The number of hydrogen-bond acceptors (Lipinski definition) is 18. The third kappa shape index (κ3) is 21.7. The van der Waals surface area contributed by atoms with Crippen molar-refractivity contribution in [1.82, 2.24) is 5.32 Å². The fourth-order valence-corrected chi connectivity index (χ4v) is 9.43. The Kier molecular flexibility index (Phi) is 32.3. The van der Waals surface area contributed by atoms with Crippen LogP contribution in [0.25, 0.3) is 0 Å². The Bertz CT molecular complexity index is 1290. The van der Waals surface area contributed by atoms with Crippen LogP contribution in [0.15, 0.2) is 0 Å². The van der Waals surface area contributed by atoms with Gasteiger partial charge in [0.1, 0.15) is 73.2 Å². The molecule has 3 fully saturated rings. The molecular formula is C50H95NO18. The van der Waals surface area contributed by atoms with E-state index in [1.54, 1.807) is 0 Å². The minimum absolute atomic E-state index is 0.246. The highest BCUT2D eigenvalue weighted by atomic mass is 16.8. The van der Waals surface area contributed by atoms with E-state index < -0.39 is 124 Å². The van der Waals surface area contributed by atoms with E-state index in [0.29, 0.717) is 12.8 Å². The van der Waals surface area contributed by atoms with Crippen LogP contribution >= 0.6 is 0 Å². The molecule has 0 spiro atoms. The number of aliphatic hydroxyl groups excluding tert-OH is 11. The summed E-state index contributed by atoms with van der Waals surface area (Å²) < 4.78 is 34.2. The van der Waals surface area contributed by atoms with E-state index in [1.165, 1.54) is 103 Å². The fourth-order valence-electron chi connectivity index (χ4n) is 9.43. The van der Waals surface area contributed by atoms with Gasteiger partial charge in [-0.3, -0.25) is 4.79 Å². The number of rotatable bonds is 38. The van der Waals surface area contributed by atoms with Crippen molar-refractivity contribution in [1.29, 1.82) is 0 Å². The minimum atomic E-state index is -1.97. The lowest BCUT2D eigenvalue weighted by Gasteiger charge is -2.48. The topological polar surface area (TPSA) is 307 Å². The lowest BCUT2D eigenvalue weighted by atomic mass is 9.96. The average Bonchev–Trinajstić information content (AvgIpc) is 3.34. The van der Waals surface area contributed by atoms with E-state index in [0.717, 1.165) is 44.9 Å². The molecule has 19 nitrogen and oxygen atoms in total. The molecule has 3 heterocycles. The molecule has 3 saturated heterocycles. The largest absolute Gasteiger partial charge is 0.394 e. The summed E-state index contributed by atoms with van der Waals surface area (Å²) in [6, 6.07) is -0.877. The van der Waals surface area contributed by atoms with Crippen LogP contribution in [0, 0.1) is 0 Å². The normalized spacial score (nSPS) is 32.8. The zero-order valence-corrected chi connectivity index (χ0v) is 41.8. The predicted octanol–water partition coefficient (Wildman–Crippen LogP) is 2.48. The van der Waals surface area contributed by atoms with Gasteiger partial charge >= 0.3 is 0 Å². The first-order valence-electron chi connectivity index (χ1n) is 26.8. The third-order valence-corrected chi connectivity index (χ3v) is 13.9. The maximum absolute atomic E-state index is 13.2. The van der Waals surface area contributed by atoms with Gasteiger partial charge in [-0.1, -0.05) is 162 Å².